The van der Waals surface area contributed by atoms with Gasteiger partial charge in [0, 0.05) is 20.8 Å². The van der Waals surface area contributed by atoms with Crippen molar-refractivity contribution < 1.29 is 28.4 Å². The van der Waals surface area contributed by atoms with Crippen LogP contribution < -0.4 is 14.2 Å². The number of hydrogen-bond donors (Lipinski definition) is 0. The molecule has 0 N–H and O–H groups in total. The van der Waals surface area contributed by atoms with Crippen molar-refractivity contribution in [1.82, 2.24) is 0 Å². The van der Waals surface area contributed by atoms with E-state index in [0.29, 0.717) is 17.2 Å². The van der Waals surface area contributed by atoms with Gasteiger partial charge in [-0.3, -0.25) is 0 Å². The summed E-state index contributed by atoms with van der Waals surface area (Å²) in [4.78, 5) is 3.37. The van der Waals surface area contributed by atoms with Gasteiger partial charge in [0.25, 0.3) is 0 Å². The molecule has 0 aromatic heterocycles. The molecule has 3 unspecified atom stereocenters. The lowest BCUT2D eigenvalue weighted by Crippen LogP contribution is -2.14. The van der Waals surface area contributed by atoms with Crippen LogP contribution >= 0.6 is 0 Å². The molecular weight excluding hydrogens is 488 g/mol. The summed E-state index contributed by atoms with van der Waals surface area (Å²) in [6, 6.07) is 24.0. The van der Waals surface area contributed by atoms with Gasteiger partial charge in [0.1, 0.15) is 17.2 Å². The van der Waals surface area contributed by atoms with Gasteiger partial charge in [-0.2, -0.15) is 0 Å². The van der Waals surface area contributed by atoms with Crippen LogP contribution in [0.25, 0.3) is 0 Å². The van der Waals surface area contributed by atoms with Gasteiger partial charge >= 0.3 is 0 Å². The maximum atomic E-state index is 5.78. The smallest absolute Gasteiger partial charge is 0.237 e. The first-order valence-electron chi connectivity index (χ1n) is 11.8. The van der Waals surface area contributed by atoms with E-state index in [2.05, 4.69) is 56.1 Å². The molecule has 0 spiro atoms. The Balaban J connectivity index is 1.89. The van der Waals surface area contributed by atoms with Crippen LogP contribution in [0.1, 0.15) is 20.8 Å². The van der Waals surface area contributed by atoms with Crippen molar-refractivity contribution in [3.8, 4) is 17.2 Å². The minimum absolute atomic E-state index is 0.397. The van der Waals surface area contributed by atoms with Crippen molar-refractivity contribution >= 4 is 10.9 Å². The van der Waals surface area contributed by atoms with E-state index in [4.69, 9.17) is 28.4 Å². The summed E-state index contributed by atoms with van der Waals surface area (Å²) < 4.78 is 33.1. The van der Waals surface area contributed by atoms with Gasteiger partial charge < -0.3 is 28.4 Å². The lowest BCUT2D eigenvalue weighted by Gasteiger charge is -2.16. The fraction of sp³-hybridized carbons (Fsp3) is 0.200. The van der Waals surface area contributed by atoms with Crippen molar-refractivity contribution in [1.29, 1.82) is 0 Å². The summed E-state index contributed by atoms with van der Waals surface area (Å²) in [6.07, 6.45) is 2.81. The van der Waals surface area contributed by atoms with Crippen LogP contribution in [0.3, 0.4) is 0 Å². The van der Waals surface area contributed by atoms with Gasteiger partial charge in [-0.15, -0.1) is 0 Å². The minimum Gasteiger partial charge on any atom is -0.463 e. The van der Waals surface area contributed by atoms with E-state index in [1.54, 1.807) is 0 Å². The third kappa shape index (κ3) is 8.29. The first kappa shape index (κ1) is 27.6. The Kier molecular flexibility index (Phi) is 10.4. The molecule has 194 valence electrons. The summed E-state index contributed by atoms with van der Waals surface area (Å²) in [5.41, 5.74) is 0. The van der Waals surface area contributed by atoms with Crippen LogP contribution in [0.5, 0.6) is 17.2 Å². The zero-order valence-corrected chi connectivity index (χ0v) is 22.2. The highest BCUT2D eigenvalue weighted by Crippen LogP contribution is 2.34. The Hall–Kier alpha value is -3.97. The molecule has 3 aromatic carbocycles. The Morgan fingerprint density at radius 1 is 0.486 bits per heavy atom. The van der Waals surface area contributed by atoms with E-state index in [9.17, 15) is 0 Å². The number of rotatable bonds is 15. The lowest BCUT2D eigenvalue weighted by atomic mass is 10.3. The molecule has 37 heavy (non-hydrogen) atoms. The number of ether oxygens (including phenoxy) is 6. The van der Waals surface area contributed by atoms with Gasteiger partial charge in [0.15, 0.2) is 14.7 Å². The normalized spacial score (nSPS) is 13.7. The van der Waals surface area contributed by atoms with Gasteiger partial charge in [-0.25, -0.2) is 0 Å². The highest BCUT2D eigenvalue weighted by atomic mass is 32.2. The molecule has 6 nitrogen and oxygen atoms in total. The maximum Gasteiger partial charge on any atom is 0.237 e. The van der Waals surface area contributed by atoms with E-state index >= 15 is 0 Å². The minimum atomic E-state index is -0.429. The van der Waals surface area contributed by atoms with Crippen LogP contribution in [0, 0.1) is 0 Å². The molecule has 0 heterocycles. The van der Waals surface area contributed by atoms with Crippen molar-refractivity contribution in [3.63, 3.8) is 0 Å². The van der Waals surface area contributed by atoms with E-state index < -0.39 is 29.8 Å². The van der Waals surface area contributed by atoms with Crippen molar-refractivity contribution in [2.24, 2.45) is 0 Å². The third-order valence-corrected chi connectivity index (χ3v) is 7.18. The van der Waals surface area contributed by atoms with Gasteiger partial charge in [0.2, 0.25) is 18.9 Å². The largest absolute Gasteiger partial charge is 0.463 e. The standard InChI is InChI=1S/C30H33O6S/c1-7-31-22(4)34-25-10-16-28(17-11-25)37(29-18-12-26(13-19-29)35-23(5)32-8-2)30-20-14-27(15-21-30)36-24(6)33-9-3/h7-24H,1-3H2,4-6H3/q+1. The van der Waals surface area contributed by atoms with Gasteiger partial charge in [-0.05, 0) is 72.8 Å². The second-order valence-electron chi connectivity index (χ2n) is 7.69. The molecule has 3 rings (SSSR count). The molecule has 0 fully saturated rings. The average Bonchev–Trinajstić information content (AvgIpc) is 2.88. The van der Waals surface area contributed by atoms with Crippen molar-refractivity contribution in [3.05, 3.63) is 111 Å². The Morgan fingerprint density at radius 3 is 0.946 bits per heavy atom. The van der Waals surface area contributed by atoms with E-state index in [1.165, 1.54) is 18.8 Å². The molecule has 7 heteroatoms. The molecular formula is C30H33O6S+. The molecule has 0 amide bonds. The third-order valence-electron chi connectivity index (χ3n) is 4.95. The monoisotopic (exact) mass is 521 g/mol. The van der Waals surface area contributed by atoms with Crippen LogP contribution in [-0.2, 0) is 25.1 Å². The molecule has 3 atom stereocenters. The fourth-order valence-corrected chi connectivity index (χ4v) is 5.48. The lowest BCUT2D eigenvalue weighted by molar-refractivity contribution is -0.0135. The molecule has 0 bridgehead atoms. The van der Waals surface area contributed by atoms with Crippen LogP contribution in [0.4, 0.5) is 0 Å². The van der Waals surface area contributed by atoms with Crippen LogP contribution in [0.2, 0.25) is 0 Å². The quantitative estimate of drug-likeness (QED) is 0.118. The molecule has 0 radical (unpaired) electrons. The second-order valence-corrected chi connectivity index (χ2v) is 9.71. The van der Waals surface area contributed by atoms with E-state index in [-0.39, 0.29) is 0 Å². The molecule has 3 aromatic rings. The Bertz CT molecular complexity index is 982. The van der Waals surface area contributed by atoms with Crippen molar-refractivity contribution in [2.45, 2.75) is 54.3 Å². The second kappa shape index (κ2) is 13.9. The highest BCUT2D eigenvalue weighted by Gasteiger charge is 2.29. The van der Waals surface area contributed by atoms with Crippen molar-refractivity contribution in [2.75, 3.05) is 0 Å². The molecule has 0 aliphatic heterocycles. The van der Waals surface area contributed by atoms with Gasteiger partial charge in [-0.1, -0.05) is 19.7 Å². The van der Waals surface area contributed by atoms with E-state index in [0.717, 1.165) is 14.7 Å². The molecule has 0 saturated heterocycles. The van der Waals surface area contributed by atoms with Crippen LogP contribution in [-0.4, -0.2) is 18.9 Å². The summed E-state index contributed by atoms with van der Waals surface area (Å²) in [6.45, 7) is 16.1. The Morgan fingerprint density at radius 2 is 0.730 bits per heavy atom. The van der Waals surface area contributed by atoms with Gasteiger partial charge in [0.05, 0.1) is 29.7 Å². The summed E-state index contributed by atoms with van der Waals surface area (Å²) in [5.74, 6) is 2.13. The summed E-state index contributed by atoms with van der Waals surface area (Å²) in [5, 5.41) is 0. The number of benzene rings is 3. The topological polar surface area (TPSA) is 55.4 Å². The SMILES string of the molecule is C=COC(C)Oc1ccc([S+](c2ccc(OC(C)OC=C)cc2)c2ccc(OC(C)OC=C)cc2)cc1. The highest BCUT2D eigenvalue weighted by molar-refractivity contribution is 7.97. The zero-order chi connectivity index (χ0) is 26.6. The first-order valence-corrected chi connectivity index (χ1v) is 13.0. The molecule has 0 aliphatic rings. The predicted octanol–water partition coefficient (Wildman–Crippen LogP) is 7.44. The predicted molar refractivity (Wildman–Crippen MR) is 146 cm³/mol. The first-order chi connectivity index (χ1) is 17.9. The van der Waals surface area contributed by atoms with Crippen LogP contribution in [0.15, 0.2) is 126 Å². The zero-order valence-electron chi connectivity index (χ0n) is 21.4. The van der Waals surface area contributed by atoms with E-state index in [1.807, 2.05) is 57.2 Å². The fourth-order valence-electron chi connectivity index (χ4n) is 3.44. The molecule has 0 aliphatic carbocycles. The summed E-state index contributed by atoms with van der Waals surface area (Å²) in [7, 11) is -0.397. The molecule has 0 saturated carbocycles. The Labute approximate surface area is 222 Å². The average molecular weight is 522 g/mol. The summed E-state index contributed by atoms with van der Waals surface area (Å²) >= 11 is 0. The number of hydrogen-bond acceptors (Lipinski definition) is 6. The maximum absolute atomic E-state index is 5.78.